The molecule has 0 unspecified atom stereocenters. The molecule has 0 saturated heterocycles. The molecule has 0 bridgehead atoms. The van der Waals surface area contributed by atoms with Crippen LogP contribution in [0.5, 0.6) is 0 Å². The van der Waals surface area contributed by atoms with Crippen LogP contribution in [0.25, 0.3) is 0 Å². The lowest BCUT2D eigenvalue weighted by Crippen LogP contribution is -2.24. The second-order valence-corrected chi connectivity index (χ2v) is 7.35. The van der Waals surface area contributed by atoms with Crippen molar-refractivity contribution >= 4 is 17.6 Å². The molecule has 1 aliphatic rings. The van der Waals surface area contributed by atoms with Crippen molar-refractivity contribution in [3.8, 4) is 0 Å². The van der Waals surface area contributed by atoms with E-state index in [-0.39, 0.29) is 29.5 Å². The van der Waals surface area contributed by atoms with E-state index in [1.165, 1.54) is 0 Å². The fourth-order valence-electron chi connectivity index (χ4n) is 3.92. The molecule has 5 nitrogen and oxygen atoms in total. The number of nitrogens with zero attached hydrogens (tertiary/aromatic N) is 2. The van der Waals surface area contributed by atoms with E-state index < -0.39 is 0 Å². The number of amides is 1. The molecule has 1 aromatic heterocycles. The highest BCUT2D eigenvalue weighted by atomic mass is 16.2. The van der Waals surface area contributed by atoms with Gasteiger partial charge in [-0.3, -0.25) is 14.9 Å². The smallest absolute Gasteiger partial charge is 0.234 e. The van der Waals surface area contributed by atoms with Crippen LogP contribution in [0.4, 0.5) is 5.95 Å². The third-order valence-corrected chi connectivity index (χ3v) is 5.47. The van der Waals surface area contributed by atoms with Gasteiger partial charge in [0.1, 0.15) is 0 Å². The summed E-state index contributed by atoms with van der Waals surface area (Å²) in [6, 6.07) is 19.7. The molecule has 1 aliphatic carbocycles. The minimum Gasteiger partial charge on any atom is -0.294 e. The second-order valence-electron chi connectivity index (χ2n) is 7.35. The molecule has 1 heterocycles. The maximum atomic E-state index is 12.8. The largest absolute Gasteiger partial charge is 0.294 e. The van der Waals surface area contributed by atoms with Gasteiger partial charge < -0.3 is 0 Å². The van der Waals surface area contributed by atoms with Crippen LogP contribution >= 0.6 is 0 Å². The molecule has 5 heteroatoms. The predicted molar refractivity (Wildman–Crippen MR) is 112 cm³/mol. The number of carbonyl (C=O) groups is 2. The average molecular weight is 385 g/mol. The number of hydrogen-bond donors (Lipinski definition) is 1. The van der Waals surface area contributed by atoms with Crippen molar-refractivity contribution in [1.82, 2.24) is 9.97 Å². The van der Waals surface area contributed by atoms with Crippen LogP contribution < -0.4 is 5.32 Å². The second kappa shape index (κ2) is 8.35. The number of ketones is 1. The first kappa shape index (κ1) is 19.0. The summed E-state index contributed by atoms with van der Waals surface area (Å²) >= 11 is 0. The van der Waals surface area contributed by atoms with Gasteiger partial charge in [-0.1, -0.05) is 67.6 Å². The van der Waals surface area contributed by atoms with Gasteiger partial charge in [0.15, 0.2) is 5.78 Å². The zero-order valence-corrected chi connectivity index (χ0v) is 16.3. The van der Waals surface area contributed by atoms with Crippen molar-refractivity contribution in [3.63, 3.8) is 0 Å². The molecule has 0 fully saturated rings. The summed E-state index contributed by atoms with van der Waals surface area (Å²) in [6.07, 6.45) is 3.34. The van der Waals surface area contributed by atoms with E-state index in [1.807, 2.05) is 67.6 Å². The molecule has 4 rings (SSSR count). The molecule has 0 aliphatic heterocycles. The Morgan fingerprint density at radius 3 is 2.45 bits per heavy atom. The van der Waals surface area contributed by atoms with Crippen molar-refractivity contribution < 1.29 is 9.59 Å². The lowest BCUT2D eigenvalue weighted by atomic mass is 9.82. The van der Waals surface area contributed by atoms with Crippen molar-refractivity contribution in [3.05, 3.63) is 89.2 Å². The zero-order chi connectivity index (χ0) is 20.2. The van der Waals surface area contributed by atoms with Crippen molar-refractivity contribution in [2.75, 3.05) is 5.32 Å². The molecule has 146 valence electrons. The Morgan fingerprint density at radius 1 is 1.07 bits per heavy atom. The summed E-state index contributed by atoms with van der Waals surface area (Å²) in [6.45, 7) is 1.98. The van der Waals surface area contributed by atoms with Gasteiger partial charge in [0.05, 0.1) is 17.2 Å². The third kappa shape index (κ3) is 4.09. The van der Waals surface area contributed by atoms with Gasteiger partial charge in [-0.15, -0.1) is 0 Å². The first-order chi connectivity index (χ1) is 14.2. The topological polar surface area (TPSA) is 72.0 Å². The van der Waals surface area contributed by atoms with Crippen LogP contribution in [0.2, 0.25) is 0 Å². The number of anilines is 1. The standard InChI is InChI=1S/C24H23N3O2/c1-2-19(17-11-7-4-8-12-17)23(29)27-24-25-15-20-21(26-24)13-18(14-22(20)28)16-9-5-3-6-10-16/h3-12,15,18-19H,2,13-14H2,1H3,(H,25,26,27,29)/t18-,19-/m0/s1. The highest BCUT2D eigenvalue weighted by Gasteiger charge is 2.28. The molecule has 1 N–H and O–H groups in total. The van der Waals surface area contributed by atoms with Gasteiger partial charge in [-0.25, -0.2) is 9.97 Å². The van der Waals surface area contributed by atoms with Crippen LogP contribution in [0.1, 0.15) is 58.8 Å². The normalized spacial score (nSPS) is 16.7. The Labute approximate surface area is 170 Å². The molecule has 0 spiro atoms. The minimum atomic E-state index is -0.269. The fraction of sp³-hybridized carbons (Fsp3) is 0.250. The highest BCUT2D eigenvalue weighted by molar-refractivity contribution is 5.99. The van der Waals surface area contributed by atoms with Gasteiger partial charge in [0.2, 0.25) is 11.9 Å². The molecule has 2 atom stereocenters. The molecule has 3 aromatic rings. The van der Waals surface area contributed by atoms with E-state index in [0.29, 0.717) is 30.5 Å². The van der Waals surface area contributed by atoms with Crippen LogP contribution in [0.15, 0.2) is 66.9 Å². The van der Waals surface area contributed by atoms with E-state index in [4.69, 9.17) is 0 Å². The SMILES string of the molecule is CC[C@H](C(=O)Nc1ncc2c(n1)C[C@H](c1ccccc1)CC2=O)c1ccccc1. The summed E-state index contributed by atoms with van der Waals surface area (Å²) in [5, 5.41) is 2.84. The number of carbonyl (C=O) groups excluding carboxylic acids is 2. The summed E-state index contributed by atoms with van der Waals surface area (Å²) < 4.78 is 0. The van der Waals surface area contributed by atoms with Crippen LogP contribution in [0.3, 0.4) is 0 Å². The first-order valence-electron chi connectivity index (χ1n) is 9.95. The number of rotatable bonds is 5. The number of hydrogen-bond acceptors (Lipinski definition) is 4. The zero-order valence-electron chi connectivity index (χ0n) is 16.3. The van der Waals surface area contributed by atoms with E-state index in [2.05, 4.69) is 15.3 Å². The van der Waals surface area contributed by atoms with E-state index in [1.54, 1.807) is 6.20 Å². The Hall–Kier alpha value is -3.34. The minimum absolute atomic E-state index is 0.0497. The summed E-state index contributed by atoms with van der Waals surface area (Å²) in [7, 11) is 0. The molecule has 0 saturated carbocycles. The molecule has 0 radical (unpaired) electrons. The van der Waals surface area contributed by atoms with Gasteiger partial charge in [0.25, 0.3) is 0 Å². The van der Waals surface area contributed by atoms with Crippen molar-refractivity contribution in [2.24, 2.45) is 0 Å². The predicted octanol–water partition coefficient (Wildman–Crippen LogP) is 4.52. The molecule has 1 amide bonds. The monoisotopic (exact) mass is 385 g/mol. The van der Waals surface area contributed by atoms with Gasteiger partial charge >= 0.3 is 0 Å². The Kier molecular flexibility index (Phi) is 5.47. The Balaban J connectivity index is 1.55. The quantitative estimate of drug-likeness (QED) is 0.701. The summed E-state index contributed by atoms with van der Waals surface area (Å²) in [5.41, 5.74) is 3.36. The Bertz CT molecular complexity index is 1020. The molecular weight excluding hydrogens is 362 g/mol. The Morgan fingerprint density at radius 2 is 1.76 bits per heavy atom. The van der Waals surface area contributed by atoms with Gasteiger partial charge in [0, 0.05) is 12.6 Å². The molecule has 29 heavy (non-hydrogen) atoms. The summed E-state index contributed by atoms with van der Waals surface area (Å²) in [5.74, 6) is -0.00405. The maximum absolute atomic E-state index is 12.8. The third-order valence-electron chi connectivity index (χ3n) is 5.47. The van der Waals surface area contributed by atoms with Gasteiger partial charge in [-0.2, -0.15) is 0 Å². The van der Waals surface area contributed by atoms with Crippen molar-refractivity contribution in [1.29, 1.82) is 0 Å². The maximum Gasteiger partial charge on any atom is 0.234 e. The lowest BCUT2D eigenvalue weighted by molar-refractivity contribution is -0.117. The van der Waals surface area contributed by atoms with Crippen LogP contribution in [0, 0.1) is 0 Å². The van der Waals surface area contributed by atoms with E-state index in [9.17, 15) is 9.59 Å². The van der Waals surface area contributed by atoms with E-state index >= 15 is 0 Å². The summed E-state index contributed by atoms with van der Waals surface area (Å²) in [4.78, 5) is 34.1. The van der Waals surface area contributed by atoms with Crippen LogP contribution in [-0.2, 0) is 11.2 Å². The number of nitrogens with one attached hydrogen (secondary N) is 1. The lowest BCUT2D eigenvalue weighted by Gasteiger charge is -2.23. The molecule has 2 aromatic carbocycles. The molecular formula is C24H23N3O2. The number of benzene rings is 2. The van der Waals surface area contributed by atoms with Crippen LogP contribution in [-0.4, -0.2) is 21.7 Å². The van der Waals surface area contributed by atoms with E-state index in [0.717, 1.165) is 11.1 Å². The van der Waals surface area contributed by atoms with Crippen molar-refractivity contribution in [2.45, 2.75) is 38.0 Å². The van der Waals surface area contributed by atoms with Gasteiger partial charge in [-0.05, 0) is 29.9 Å². The average Bonchev–Trinajstić information content (AvgIpc) is 2.75. The highest BCUT2D eigenvalue weighted by Crippen LogP contribution is 2.32. The number of fused-ring (bicyclic) bond motifs is 1. The number of Topliss-reactive ketones (excluding diaryl/α,β-unsaturated/α-hetero) is 1. The first-order valence-corrected chi connectivity index (χ1v) is 9.95. The fourth-order valence-corrected chi connectivity index (χ4v) is 3.92. The number of aromatic nitrogens is 2.